The van der Waals surface area contributed by atoms with E-state index >= 15 is 0 Å². The third-order valence-corrected chi connectivity index (χ3v) is 2.50. The molecule has 2 N–H and O–H groups in total. The van der Waals surface area contributed by atoms with E-state index in [1.807, 2.05) is 0 Å². The zero-order chi connectivity index (χ0) is 11.6. The molecule has 0 saturated heterocycles. The summed E-state index contributed by atoms with van der Waals surface area (Å²) in [6, 6.07) is 4.49. The smallest absolute Gasteiger partial charge is 0.311 e. The van der Waals surface area contributed by atoms with Crippen LogP contribution in [0.3, 0.4) is 0 Å². The molecular formula is C11H13ClO3. The van der Waals surface area contributed by atoms with Crippen molar-refractivity contribution in [2.45, 2.75) is 19.8 Å². The number of aliphatic carboxylic acids is 1. The van der Waals surface area contributed by atoms with E-state index in [-0.39, 0.29) is 11.7 Å². The molecule has 0 fully saturated rings. The Balaban J connectivity index is 3.17. The van der Waals surface area contributed by atoms with Crippen LogP contribution in [0.2, 0.25) is 5.02 Å². The van der Waals surface area contributed by atoms with Gasteiger partial charge in [0.1, 0.15) is 5.75 Å². The Morgan fingerprint density at radius 2 is 2.00 bits per heavy atom. The zero-order valence-corrected chi connectivity index (χ0v) is 9.32. The van der Waals surface area contributed by atoms with Gasteiger partial charge in [-0.1, -0.05) is 31.5 Å². The van der Waals surface area contributed by atoms with Gasteiger partial charge >= 0.3 is 5.97 Å². The summed E-state index contributed by atoms with van der Waals surface area (Å²) >= 11 is 5.67. The van der Waals surface area contributed by atoms with E-state index in [4.69, 9.17) is 16.7 Å². The number of rotatable bonds is 3. The van der Waals surface area contributed by atoms with Crippen molar-refractivity contribution >= 4 is 17.6 Å². The quantitative estimate of drug-likeness (QED) is 0.837. The van der Waals surface area contributed by atoms with E-state index in [1.165, 1.54) is 6.07 Å². The van der Waals surface area contributed by atoms with Gasteiger partial charge in [0.2, 0.25) is 0 Å². The number of carbonyl (C=O) groups is 1. The fourth-order valence-electron chi connectivity index (χ4n) is 1.56. The minimum atomic E-state index is -0.942. The van der Waals surface area contributed by atoms with Crippen LogP contribution < -0.4 is 0 Å². The summed E-state index contributed by atoms with van der Waals surface area (Å²) in [7, 11) is 0. The van der Waals surface area contributed by atoms with Crippen LogP contribution in [0.25, 0.3) is 0 Å². The molecule has 0 amide bonds. The molecule has 82 valence electrons. The average molecular weight is 229 g/mol. The molecule has 0 bridgehead atoms. The number of benzene rings is 1. The third kappa shape index (κ3) is 2.63. The normalized spacial score (nSPS) is 12.8. The molecule has 1 aromatic rings. The number of aromatic hydroxyl groups is 1. The maximum Gasteiger partial charge on any atom is 0.311 e. The first-order valence-corrected chi connectivity index (χ1v) is 5.02. The topological polar surface area (TPSA) is 57.5 Å². The maximum atomic E-state index is 11.0. The van der Waals surface area contributed by atoms with Gasteiger partial charge in [0.05, 0.1) is 5.92 Å². The first kappa shape index (κ1) is 11.9. The molecular weight excluding hydrogens is 216 g/mol. The van der Waals surface area contributed by atoms with Crippen LogP contribution in [0.15, 0.2) is 18.2 Å². The lowest BCUT2D eigenvalue weighted by Gasteiger charge is -2.17. The standard InChI is InChI=1S/C11H13ClO3/c1-6(2)10(11(14)15)8-4-3-7(12)5-9(8)13/h3-6,10,13H,1-2H3,(H,14,15). The lowest BCUT2D eigenvalue weighted by molar-refractivity contribution is -0.139. The molecule has 0 aliphatic heterocycles. The van der Waals surface area contributed by atoms with Crippen molar-refractivity contribution in [1.29, 1.82) is 0 Å². The van der Waals surface area contributed by atoms with Crippen LogP contribution >= 0.6 is 11.6 Å². The largest absolute Gasteiger partial charge is 0.508 e. The summed E-state index contributed by atoms with van der Waals surface area (Å²) < 4.78 is 0. The van der Waals surface area contributed by atoms with E-state index in [0.29, 0.717) is 10.6 Å². The van der Waals surface area contributed by atoms with Crippen molar-refractivity contribution < 1.29 is 15.0 Å². The first-order chi connectivity index (χ1) is 6.93. The third-order valence-electron chi connectivity index (χ3n) is 2.26. The van der Waals surface area contributed by atoms with Gasteiger partial charge in [-0.05, 0) is 18.1 Å². The predicted molar refractivity (Wildman–Crippen MR) is 58.3 cm³/mol. The van der Waals surface area contributed by atoms with Crippen molar-refractivity contribution in [3.05, 3.63) is 28.8 Å². The van der Waals surface area contributed by atoms with Crippen molar-refractivity contribution in [3.8, 4) is 5.75 Å². The van der Waals surface area contributed by atoms with E-state index in [9.17, 15) is 9.90 Å². The molecule has 0 heterocycles. The molecule has 1 atom stereocenters. The number of carboxylic acids is 1. The summed E-state index contributed by atoms with van der Waals surface area (Å²) in [6.07, 6.45) is 0. The number of hydrogen-bond acceptors (Lipinski definition) is 2. The van der Waals surface area contributed by atoms with Gasteiger partial charge < -0.3 is 10.2 Å². The van der Waals surface area contributed by atoms with Gasteiger partial charge in [0, 0.05) is 10.6 Å². The molecule has 0 spiro atoms. The van der Waals surface area contributed by atoms with Crippen LogP contribution in [0.4, 0.5) is 0 Å². The fraction of sp³-hybridized carbons (Fsp3) is 0.364. The van der Waals surface area contributed by atoms with Crippen LogP contribution in [0.5, 0.6) is 5.75 Å². The number of phenols is 1. The maximum absolute atomic E-state index is 11.0. The molecule has 0 radical (unpaired) electrons. The van der Waals surface area contributed by atoms with Gasteiger partial charge in [-0.3, -0.25) is 4.79 Å². The Morgan fingerprint density at radius 3 is 2.40 bits per heavy atom. The molecule has 0 aliphatic rings. The molecule has 0 saturated carbocycles. The van der Waals surface area contributed by atoms with Crippen LogP contribution in [-0.2, 0) is 4.79 Å². The molecule has 1 unspecified atom stereocenters. The lowest BCUT2D eigenvalue weighted by Crippen LogP contribution is -2.17. The zero-order valence-electron chi connectivity index (χ0n) is 8.57. The van der Waals surface area contributed by atoms with Crippen LogP contribution in [-0.4, -0.2) is 16.2 Å². The molecule has 0 aliphatic carbocycles. The van der Waals surface area contributed by atoms with E-state index in [0.717, 1.165) is 0 Å². The highest BCUT2D eigenvalue weighted by Gasteiger charge is 2.26. The number of hydrogen-bond donors (Lipinski definition) is 2. The fourth-order valence-corrected chi connectivity index (χ4v) is 1.72. The number of halogens is 1. The van der Waals surface area contributed by atoms with Crippen molar-refractivity contribution in [3.63, 3.8) is 0 Å². The van der Waals surface area contributed by atoms with Gasteiger partial charge in [0.15, 0.2) is 0 Å². The minimum Gasteiger partial charge on any atom is -0.508 e. The molecule has 1 aromatic carbocycles. The summed E-state index contributed by atoms with van der Waals surface area (Å²) in [5, 5.41) is 19.1. The number of phenolic OH excluding ortho intramolecular Hbond substituents is 1. The van der Waals surface area contributed by atoms with Gasteiger partial charge in [-0.2, -0.15) is 0 Å². The molecule has 0 aromatic heterocycles. The Hall–Kier alpha value is -1.22. The molecule has 4 heteroatoms. The monoisotopic (exact) mass is 228 g/mol. The van der Waals surface area contributed by atoms with Gasteiger partial charge in [0.25, 0.3) is 0 Å². The Kier molecular flexibility index (Phi) is 3.58. The Labute approximate surface area is 93.3 Å². The predicted octanol–water partition coefficient (Wildman–Crippen LogP) is 2.87. The van der Waals surface area contributed by atoms with Gasteiger partial charge in [-0.15, -0.1) is 0 Å². The highest BCUT2D eigenvalue weighted by molar-refractivity contribution is 6.30. The Bertz CT molecular complexity index is 374. The summed E-state index contributed by atoms with van der Waals surface area (Å²) in [5.41, 5.74) is 0.405. The highest BCUT2D eigenvalue weighted by Crippen LogP contribution is 2.33. The Morgan fingerprint density at radius 1 is 1.40 bits per heavy atom. The van der Waals surface area contributed by atoms with E-state index in [2.05, 4.69) is 0 Å². The van der Waals surface area contributed by atoms with Crippen molar-refractivity contribution in [1.82, 2.24) is 0 Å². The molecule has 15 heavy (non-hydrogen) atoms. The van der Waals surface area contributed by atoms with E-state index < -0.39 is 11.9 Å². The van der Waals surface area contributed by atoms with Crippen molar-refractivity contribution in [2.75, 3.05) is 0 Å². The SMILES string of the molecule is CC(C)C(C(=O)O)c1ccc(Cl)cc1O. The second-order valence-electron chi connectivity index (χ2n) is 3.76. The second-order valence-corrected chi connectivity index (χ2v) is 4.20. The first-order valence-electron chi connectivity index (χ1n) is 4.64. The van der Waals surface area contributed by atoms with Gasteiger partial charge in [-0.25, -0.2) is 0 Å². The van der Waals surface area contributed by atoms with Crippen molar-refractivity contribution in [2.24, 2.45) is 5.92 Å². The number of carboxylic acid groups (broad SMARTS) is 1. The summed E-state index contributed by atoms with van der Waals surface area (Å²) in [6.45, 7) is 3.60. The summed E-state index contributed by atoms with van der Waals surface area (Å²) in [5.74, 6) is -1.80. The lowest BCUT2D eigenvalue weighted by atomic mass is 9.88. The minimum absolute atomic E-state index is 0.0661. The molecule has 1 rings (SSSR count). The average Bonchev–Trinajstić information content (AvgIpc) is 2.08. The van der Waals surface area contributed by atoms with E-state index in [1.54, 1.807) is 26.0 Å². The van der Waals surface area contributed by atoms with Crippen LogP contribution in [0.1, 0.15) is 25.3 Å². The molecule has 3 nitrogen and oxygen atoms in total. The second kappa shape index (κ2) is 4.53. The summed E-state index contributed by atoms with van der Waals surface area (Å²) in [4.78, 5) is 11.0. The van der Waals surface area contributed by atoms with Crippen LogP contribution in [0, 0.1) is 5.92 Å². The highest BCUT2D eigenvalue weighted by atomic mass is 35.5.